The molecule has 8 heteroatoms. The van der Waals surface area contributed by atoms with Crippen molar-refractivity contribution in [1.82, 2.24) is 0 Å². The Balaban J connectivity index is 2.01. The van der Waals surface area contributed by atoms with Crippen molar-refractivity contribution in [2.75, 3.05) is 21.3 Å². The number of rotatable bonds is 4. The second kappa shape index (κ2) is 7.05. The molecule has 2 aromatic carbocycles. The van der Waals surface area contributed by atoms with Crippen LogP contribution in [0.1, 0.15) is 17.0 Å². The molecule has 2 heterocycles. The number of carbonyl (C=O) groups excluding carboxylic acids is 1. The number of fused-ring (bicyclic) bond motifs is 3. The summed E-state index contributed by atoms with van der Waals surface area (Å²) in [5.74, 6) is -1.17. The van der Waals surface area contributed by atoms with Crippen LogP contribution in [0.15, 0.2) is 45.6 Å². The van der Waals surface area contributed by atoms with Crippen LogP contribution in [0.5, 0.6) is 23.0 Å². The minimum absolute atomic E-state index is 0.126. The maximum atomic E-state index is 12.8. The van der Waals surface area contributed by atoms with Gasteiger partial charge < -0.3 is 28.5 Å². The van der Waals surface area contributed by atoms with E-state index in [4.69, 9.17) is 23.4 Å². The topological polar surface area (TPSA) is 104 Å². The molecule has 1 aliphatic heterocycles. The van der Waals surface area contributed by atoms with Gasteiger partial charge in [-0.05, 0) is 29.8 Å². The Morgan fingerprint density at radius 3 is 2.34 bits per heavy atom. The molecule has 1 aromatic heterocycles. The molecule has 1 N–H and O–H groups in total. The van der Waals surface area contributed by atoms with Gasteiger partial charge in [0.2, 0.25) is 11.9 Å². The standard InChI is InChI=1S/C21H18O8/c1-25-13-8-10(9-14(26-2)17(13)22)15-16-18(29-19(15)21(24)27-3)11-6-4-5-7-12(11)28-20(16)23/h4-9,15,19,22H,1-3H3/t15-,19+/m1/s1. The van der Waals surface area contributed by atoms with Gasteiger partial charge in [0, 0.05) is 0 Å². The summed E-state index contributed by atoms with van der Waals surface area (Å²) in [4.78, 5) is 25.3. The fourth-order valence-corrected chi connectivity index (χ4v) is 3.61. The first kappa shape index (κ1) is 18.7. The lowest BCUT2D eigenvalue weighted by atomic mass is 9.88. The van der Waals surface area contributed by atoms with Gasteiger partial charge in [0.15, 0.2) is 11.5 Å². The Hall–Kier alpha value is -3.68. The summed E-state index contributed by atoms with van der Waals surface area (Å²) in [5.41, 5.74) is 0.379. The van der Waals surface area contributed by atoms with Crippen molar-refractivity contribution in [2.24, 2.45) is 0 Å². The number of esters is 1. The highest BCUT2D eigenvalue weighted by atomic mass is 16.6. The predicted octanol–water partition coefficient (Wildman–Crippen LogP) is 2.58. The van der Waals surface area contributed by atoms with Crippen LogP contribution in [0.4, 0.5) is 0 Å². The second-order valence-electron chi connectivity index (χ2n) is 6.44. The van der Waals surface area contributed by atoms with Gasteiger partial charge in [0.25, 0.3) is 0 Å². The number of phenolic OH excluding ortho intramolecular Hbond substituents is 1. The molecule has 8 nitrogen and oxygen atoms in total. The van der Waals surface area contributed by atoms with Crippen LogP contribution in [0.2, 0.25) is 0 Å². The monoisotopic (exact) mass is 398 g/mol. The number of ether oxygens (including phenoxy) is 4. The molecule has 0 aliphatic carbocycles. The average molecular weight is 398 g/mol. The van der Waals surface area contributed by atoms with Gasteiger partial charge in [-0.3, -0.25) is 0 Å². The molecule has 0 unspecified atom stereocenters. The van der Waals surface area contributed by atoms with Crippen LogP contribution in [-0.4, -0.2) is 38.5 Å². The summed E-state index contributed by atoms with van der Waals surface area (Å²) < 4.78 is 26.7. The number of benzene rings is 2. The fraction of sp³-hybridized carbons (Fsp3) is 0.238. The van der Waals surface area contributed by atoms with E-state index >= 15 is 0 Å². The first-order chi connectivity index (χ1) is 14.0. The number of aromatic hydroxyl groups is 1. The molecule has 0 radical (unpaired) electrons. The van der Waals surface area contributed by atoms with Crippen molar-refractivity contribution < 1.29 is 33.3 Å². The van der Waals surface area contributed by atoms with Gasteiger partial charge in [-0.15, -0.1) is 0 Å². The van der Waals surface area contributed by atoms with Crippen LogP contribution in [0.25, 0.3) is 11.0 Å². The van der Waals surface area contributed by atoms with Gasteiger partial charge in [-0.1, -0.05) is 12.1 Å². The van der Waals surface area contributed by atoms with E-state index in [2.05, 4.69) is 0 Å². The smallest absolute Gasteiger partial charge is 0.348 e. The second-order valence-corrected chi connectivity index (χ2v) is 6.44. The van der Waals surface area contributed by atoms with E-state index in [-0.39, 0.29) is 28.6 Å². The summed E-state index contributed by atoms with van der Waals surface area (Å²) in [6, 6.07) is 9.94. The van der Waals surface area contributed by atoms with Crippen LogP contribution in [0.3, 0.4) is 0 Å². The number of phenols is 1. The highest BCUT2D eigenvalue weighted by molar-refractivity contribution is 5.88. The molecule has 1 aliphatic rings. The SMILES string of the molecule is COC(=O)[C@H]1Oc2c(c(=O)oc3ccccc23)[C@H]1c1cc(OC)c(O)c(OC)c1. The molecule has 29 heavy (non-hydrogen) atoms. The molecule has 4 rings (SSSR count). The van der Waals surface area contributed by atoms with Gasteiger partial charge in [0.05, 0.1) is 38.2 Å². The van der Waals surface area contributed by atoms with E-state index in [0.29, 0.717) is 16.5 Å². The molecule has 3 aromatic rings. The maximum absolute atomic E-state index is 12.8. The lowest BCUT2D eigenvalue weighted by molar-refractivity contribution is -0.148. The van der Waals surface area contributed by atoms with Crippen molar-refractivity contribution >= 4 is 16.9 Å². The Morgan fingerprint density at radius 2 is 1.72 bits per heavy atom. The third-order valence-corrected chi connectivity index (χ3v) is 4.95. The zero-order chi connectivity index (χ0) is 20.7. The Bertz CT molecular complexity index is 1140. The number of hydrogen-bond donors (Lipinski definition) is 1. The van der Waals surface area contributed by atoms with Crippen LogP contribution >= 0.6 is 0 Å². The van der Waals surface area contributed by atoms with Crippen LogP contribution in [0, 0.1) is 0 Å². The molecule has 0 spiro atoms. The molecular formula is C21H18O8. The van der Waals surface area contributed by atoms with Gasteiger partial charge in [-0.2, -0.15) is 0 Å². The lowest BCUT2D eigenvalue weighted by Gasteiger charge is -2.19. The number of hydrogen-bond acceptors (Lipinski definition) is 8. The maximum Gasteiger partial charge on any atom is 0.348 e. The quantitative estimate of drug-likeness (QED) is 0.528. The number of para-hydroxylation sites is 1. The molecule has 2 atom stereocenters. The van der Waals surface area contributed by atoms with Crippen molar-refractivity contribution in [1.29, 1.82) is 0 Å². The van der Waals surface area contributed by atoms with Crippen LogP contribution in [-0.2, 0) is 9.53 Å². The summed E-state index contributed by atoms with van der Waals surface area (Å²) >= 11 is 0. The summed E-state index contributed by atoms with van der Waals surface area (Å²) in [6.45, 7) is 0. The van der Waals surface area contributed by atoms with E-state index in [1.165, 1.54) is 33.5 Å². The summed E-state index contributed by atoms with van der Waals surface area (Å²) in [5, 5.41) is 10.8. The molecule has 150 valence electrons. The first-order valence-electron chi connectivity index (χ1n) is 8.75. The van der Waals surface area contributed by atoms with Crippen LogP contribution < -0.4 is 19.8 Å². The fourth-order valence-electron chi connectivity index (χ4n) is 3.61. The molecule has 0 fully saturated rings. The number of carbonyl (C=O) groups is 1. The minimum atomic E-state index is -1.12. The van der Waals surface area contributed by atoms with E-state index in [0.717, 1.165) is 0 Å². The molecule has 0 saturated carbocycles. The average Bonchev–Trinajstić information content (AvgIpc) is 3.15. The first-order valence-corrected chi connectivity index (χ1v) is 8.75. The Morgan fingerprint density at radius 1 is 1.07 bits per heavy atom. The normalized spacial score (nSPS) is 17.5. The van der Waals surface area contributed by atoms with Gasteiger partial charge in [-0.25, -0.2) is 9.59 Å². The zero-order valence-corrected chi connectivity index (χ0v) is 15.9. The van der Waals surface area contributed by atoms with Crippen molar-refractivity contribution in [3.8, 4) is 23.0 Å². The molecule has 0 amide bonds. The Labute approximate surface area is 165 Å². The van der Waals surface area contributed by atoms with Crippen molar-refractivity contribution in [3.05, 3.63) is 57.9 Å². The molecule has 0 saturated heterocycles. The Kier molecular flexibility index (Phi) is 4.54. The van der Waals surface area contributed by atoms with E-state index in [1.807, 2.05) is 0 Å². The zero-order valence-electron chi connectivity index (χ0n) is 15.9. The molecule has 0 bridgehead atoms. The van der Waals surface area contributed by atoms with E-state index in [1.54, 1.807) is 24.3 Å². The predicted molar refractivity (Wildman–Crippen MR) is 102 cm³/mol. The number of methoxy groups -OCH3 is 3. The third-order valence-electron chi connectivity index (χ3n) is 4.95. The highest BCUT2D eigenvalue weighted by Crippen LogP contribution is 2.47. The van der Waals surface area contributed by atoms with E-state index < -0.39 is 23.6 Å². The van der Waals surface area contributed by atoms with Gasteiger partial charge >= 0.3 is 11.6 Å². The highest BCUT2D eigenvalue weighted by Gasteiger charge is 2.45. The van der Waals surface area contributed by atoms with Crippen molar-refractivity contribution in [3.63, 3.8) is 0 Å². The summed E-state index contributed by atoms with van der Waals surface area (Å²) in [6.07, 6.45) is -1.12. The summed E-state index contributed by atoms with van der Waals surface area (Å²) in [7, 11) is 4.01. The third kappa shape index (κ3) is 2.84. The largest absolute Gasteiger partial charge is 0.502 e. The van der Waals surface area contributed by atoms with Gasteiger partial charge in [0.1, 0.15) is 11.3 Å². The lowest BCUT2D eigenvalue weighted by Crippen LogP contribution is -2.31. The minimum Gasteiger partial charge on any atom is -0.502 e. The van der Waals surface area contributed by atoms with Crippen molar-refractivity contribution in [2.45, 2.75) is 12.0 Å². The van der Waals surface area contributed by atoms with E-state index in [9.17, 15) is 14.7 Å². The molecular weight excluding hydrogens is 380 g/mol.